The lowest BCUT2D eigenvalue weighted by atomic mass is 9.99. The van der Waals surface area contributed by atoms with Gasteiger partial charge in [0.25, 0.3) is 11.6 Å². The summed E-state index contributed by atoms with van der Waals surface area (Å²) < 4.78 is 5.30. The Morgan fingerprint density at radius 3 is 2.75 bits per heavy atom. The number of nitrogens with zero attached hydrogens (tertiary/aromatic N) is 3. The topological polar surface area (TPSA) is 71.3 Å². The third-order valence-electron chi connectivity index (χ3n) is 5.25. The second-order valence-electron chi connectivity index (χ2n) is 7.07. The van der Waals surface area contributed by atoms with Gasteiger partial charge < -0.3 is 14.7 Å². The molecule has 1 fully saturated rings. The van der Waals surface area contributed by atoms with E-state index >= 15 is 0 Å². The van der Waals surface area contributed by atoms with Crippen molar-refractivity contribution >= 4 is 29.4 Å². The quantitative estimate of drug-likeness (QED) is 0.727. The van der Waals surface area contributed by atoms with Gasteiger partial charge in [0.15, 0.2) is 0 Å². The van der Waals surface area contributed by atoms with Gasteiger partial charge in [0.2, 0.25) is 0 Å². The SMILES string of the molecule is CCc1ccc(C2CNCCN2C(=O)c2cc(C)nc3onc(C)c23)cc1.Cl. The number of hydrogen-bond donors (Lipinski definition) is 1. The third-order valence-corrected chi connectivity index (χ3v) is 5.25. The van der Waals surface area contributed by atoms with Crippen molar-refractivity contribution < 1.29 is 9.32 Å². The predicted octanol–water partition coefficient (Wildman–Crippen LogP) is 3.61. The zero-order valence-electron chi connectivity index (χ0n) is 16.4. The fraction of sp³-hybridized carbons (Fsp3) is 0.381. The van der Waals surface area contributed by atoms with Gasteiger partial charge in [-0.3, -0.25) is 4.79 Å². The minimum absolute atomic E-state index is 0. The van der Waals surface area contributed by atoms with E-state index in [0.717, 1.165) is 30.8 Å². The van der Waals surface area contributed by atoms with E-state index < -0.39 is 0 Å². The predicted molar refractivity (Wildman–Crippen MR) is 111 cm³/mol. The molecule has 6 nitrogen and oxygen atoms in total. The van der Waals surface area contributed by atoms with Crippen LogP contribution in [-0.2, 0) is 6.42 Å². The number of carbonyl (C=O) groups is 1. The van der Waals surface area contributed by atoms with Crippen molar-refractivity contribution in [2.45, 2.75) is 33.2 Å². The molecule has 0 saturated carbocycles. The van der Waals surface area contributed by atoms with Crippen LogP contribution in [0.3, 0.4) is 0 Å². The first-order chi connectivity index (χ1) is 13.1. The van der Waals surface area contributed by atoms with Gasteiger partial charge in [-0.15, -0.1) is 12.4 Å². The monoisotopic (exact) mass is 400 g/mol. The molecule has 1 saturated heterocycles. The van der Waals surface area contributed by atoms with Crippen molar-refractivity contribution in [3.63, 3.8) is 0 Å². The Morgan fingerprint density at radius 2 is 2.04 bits per heavy atom. The molecule has 148 valence electrons. The summed E-state index contributed by atoms with van der Waals surface area (Å²) in [5, 5.41) is 8.13. The Labute approximate surface area is 170 Å². The number of amides is 1. The van der Waals surface area contributed by atoms with E-state index in [1.807, 2.05) is 24.8 Å². The van der Waals surface area contributed by atoms with Gasteiger partial charge >= 0.3 is 0 Å². The molecule has 3 aromatic rings. The molecule has 0 aliphatic carbocycles. The number of fused-ring (bicyclic) bond motifs is 1. The van der Waals surface area contributed by atoms with Crippen LogP contribution < -0.4 is 5.32 Å². The molecule has 1 atom stereocenters. The molecule has 7 heteroatoms. The van der Waals surface area contributed by atoms with Crippen LogP contribution in [0.4, 0.5) is 0 Å². The fourth-order valence-electron chi connectivity index (χ4n) is 3.76. The van der Waals surface area contributed by atoms with Gasteiger partial charge in [-0.1, -0.05) is 36.3 Å². The molecule has 1 aromatic carbocycles. The lowest BCUT2D eigenvalue weighted by molar-refractivity contribution is 0.0636. The van der Waals surface area contributed by atoms with Crippen LogP contribution >= 0.6 is 12.4 Å². The summed E-state index contributed by atoms with van der Waals surface area (Å²) in [4.78, 5) is 19.8. The highest BCUT2D eigenvalue weighted by Crippen LogP contribution is 2.28. The molecule has 2 aromatic heterocycles. The molecule has 4 rings (SSSR count). The summed E-state index contributed by atoms with van der Waals surface area (Å²) in [6, 6.07) is 10.4. The zero-order valence-corrected chi connectivity index (χ0v) is 17.2. The van der Waals surface area contributed by atoms with E-state index in [1.165, 1.54) is 5.56 Å². The third kappa shape index (κ3) is 3.62. The first kappa shape index (κ1) is 20.3. The highest BCUT2D eigenvalue weighted by atomic mass is 35.5. The molecule has 0 bridgehead atoms. The number of halogens is 1. The molecule has 0 spiro atoms. The molecule has 28 heavy (non-hydrogen) atoms. The minimum Gasteiger partial charge on any atom is -0.336 e. The summed E-state index contributed by atoms with van der Waals surface area (Å²) in [6.45, 7) is 8.04. The molecule has 0 radical (unpaired) electrons. The highest BCUT2D eigenvalue weighted by Gasteiger charge is 2.30. The second kappa shape index (κ2) is 8.29. The average Bonchev–Trinajstić information content (AvgIpc) is 3.07. The van der Waals surface area contributed by atoms with E-state index in [9.17, 15) is 4.79 Å². The molecule has 1 unspecified atom stereocenters. The number of hydrogen-bond acceptors (Lipinski definition) is 5. The maximum atomic E-state index is 13.5. The first-order valence-corrected chi connectivity index (χ1v) is 9.42. The van der Waals surface area contributed by atoms with Gasteiger partial charge in [0, 0.05) is 25.3 Å². The summed E-state index contributed by atoms with van der Waals surface area (Å²) in [7, 11) is 0. The molecule has 1 aliphatic heterocycles. The van der Waals surface area contributed by atoms with Crippen LogP contribution in [-0.4, -0.2) is 40.6 Å². The number of piperazine rings is 1. The van der Waals surface area contributed by atoms with Crippen LogP contribution in [0.5, 0.6) is 0 Å². The van der Waals surface area contributed by atoms with Crippen LogP contribution in [0.25, 0.3) is 11.1 Å². The molecule has 1 aliphatic rings. The van der Waals surface area contributed by atoms with Crippen molar-refractivity contribution in [3.8, 4) is 0 Å². The first-order valence-electron chi connectivity index (χ1n) is 9.42. The number of benzene rings is 1. The summed E-state index contributed by atoms with van der Waals surface area (Å²) in [5.74, 6) is 0.00266. The Kier molecular flexibility index (Phi) is 6.01. The van der Waals surface area contributed by atoms with E-state index in [0.29, 0.717) is 28.9 Å². The van der Waals surface area contributed by atoms with E-state index in [2.05, 4.69) is 46.6 Å². The maximum absolute atomic E-state index is 13.5. The summed E-state index contributed by atoms with van der Waals surface area (Å²) in [6.07, 6.45) is 1.01. The maximum Gasteiger partial charge on any atom is 0.258 e. The number of nitrogens with one attached hydrogen (secondary N) is 1. The lowest BCUT2D eigenvalue weighted by Crippen LogP contribution is -2.48. The Bertz CT molecular complexity index is 984. The standard InChI is InChI=1S/C21H24N4O2.ClH/c1-4-15-5-7-16(8-6-15)18-12-22-9-10-25(18)21(26)17-11-13(2)23-20-19(17)14(3)24-27-20;/h5-8,11,18,22H,4,9-10,12H2,1-3H3;1H. The van der Waals surface area contributed by atoms with Gasteiger partial charge in [-0.25, -0.2) is 4.98 Å². The molecule has 1 amide bonds. The molecule has 1 N–H and O–H groups in total. The lowest BCUT2D eigenvalue weighted by Gasteiger charge is -2.37. The summed E-state index contributed by atoms with van der Waals surface area (Å²) in [5.41, 5.74) is 4.94. The smallest absolute Gasteiger partial charge is 0.258 e. The van der Waals surface area contributed by atoms with Gasteiger partial charge in [0.05, 0.1) is 22.7 Å². The van der Waals surface area contributed by atoms with Crippen LogP contribution in [0.15, 0.2) is 34.9 Å². The Morgan fingerprint density at radius 1 is 1.29 bits per heavy atom. The minimum atomic E-state index is 0. The summed E-state index contributed by atoms with van der Waals surface area (Å²) >= 11 is 0. The van der Waals surface area contributed by atoms with Gasteiger partial charge in [0.1, 0.15) is 0 Å². The number of carbonyl (C=O) groups excluding carboxylic acids is 1. The van der Waals surface area contributed by atoms with Crippen LogP contribution in [0, 0.1) is 13.8 Å². The average molecular weight is 401 g/mol. The number of aryl methyl sites for hydroxylation is 3. The Hall–Kier alpha value is -2.44. The molecule has 3 heterocycles. The van der Waals surface area contributed by atoms with E-state index in [-0.39, 0.29) is 24.4 Å². The van der Waals surface area contributed by atoms with Gasteiger partial charge in [-0.05, 0) is 37.5 Å². The van der Waals surface area contributed by atoms with E-state index in [1.54, 1.807) is 0 Å². The second-order valence-corrected chi connectivity index (χ2v) is 7.07. The van der Waals surface area contributed by atoms with Crippen molar-refractivity contribution in [1.82, 2.24) is 20.4 Å². The van der Waals surface area contributed by atoms with Gasteiger partial charge in [-0.2, -0.15) is 0 Å². The van der Waals surface area contributed by atoms with E-state index in [4.69, 9.17) is 4.52 Å². The molecular formula is C21H25ClN4O2. The van der Waals surface area contributed by atoms with Crippen molar-refractivity contribution in [2.24, 2.45) is 0 Å². The van der Waals surface area contributed by atoms with Crippen LogP contribution in [0.2, 0.25) is 0 Å². The molecular weight excluding hydrogens is 376 g/mol. The Balaban J connectivity index is 0.00000225. The zero-order chi connectivity index (χ0) is 19.0. The van der Waals surface area contributed by atoms with Crippen molar-refractivity contribution in [2.75, 3.05) is 19.6 Å². The van der Waals surface area contributed by atoms with Crippen molar-refractivity contribution in [3.05, 3.63) is 58.4 Å². The fourth-order valence-corrected chi connectivity index (χ4v) is 3.76. The highest BCUT2D eigenvalue weighted by molar-refractivity contribution is 6.06. The number of pyridine rings is 1. The van der Waals surface area contributed by atoms with Crippen LogP contribution in [0.1, 0.15) is 45.8 Å². The van der Waals surface area contributed by atoms with Crippen molar-refractivity contribution in [1.29, 1.82) is 0 Å². The number of rotatable bonds is 3. The largest absolute Gasteiger partial charge is 0.336 e. The number of aromatic nitrogens is 2. The normalized spacial score (nSPS) is 16.8.